The predicted molar refractivity (Wildman–Crippen MR) is 81.5 cm³/mol. The summed E-state index contributed by atoms with van der Waals surface area (Å²) >= 11 is 0. The van der Waals surface area contributed by atoms with Gasteiger partial charge in [0, 0.05) is 18.8 Å². The van der Waals surface area contributed by atoms with E-state index in [1.54, 1.807) is 0 Å². The van der Waals surface area contributed by atoms with Gasteiger partial charge in [-0.1, -0.05) is 25.1 Å². The molecule has 0 saturated heterocycles. The van der Waals surface area contributed by atoms with E-state index in [0.29, 0.717) is 19.5 Å². The molecule has 114 valence electrons. The summed E-state index contributed by atoms with van der Waals surface area (Å²) in [4.78, 5) is 25.5. The van der Waals surface area contributed by atoms with Gasteiger partial charge in [-0.3, -0.25) is 9.59 Å². The molecule has 0 saturated carbocycles. The number of rotatable bonds is 5. The van der Waals surface area contributed by atoms with Crippen molar-refractivity contribution >= 4 is 17.6 Å². The van der Waals surface area contributed by atoms with Crippen molar-refractivity contribution in [3.8, 4) is 0 Å². The molecule has 21 heavy (non-hydrogen) atoms. The third-order valence-corrected chi connectivity index (χ3v) is 3.97. The number of carboxylic acid groups (broad SMARTS) is 1. The van der Waals surface area contributed by atoms with Gasteiger partial charge in [0.05, 0.1) is 5.92 Å². The van der Waals surface area contributed by atoms with Crippen LogP contribution in [0, 0.1) is 0 Å². The van der Waals surface area contributed by atoms with Crippen molar-refractivity contribution in [2.24, 2.45) is 0 Å². The lowest BCUT2D eigenvalue weighted by Gasteiger charge is -2.37. The van der Waals surface area contributed by atoms with Crippen molar-refractivity contribution in [3.05, 3.63) is 29.8 Å². The molecule has 0 radical (unpaired) electrons. The average Bonchev–Trinajstić information content (AvgIpc) is 2.50. The van der Waals surface area contributed by atoms with Crippen molar-refractivity contribution < 1.29 is 14.7 Å². The van der Waals surface area contributed by atoms with Crippen molar-refractivity contribution in [1.82, 2.24) is 5.32 Å². The summed E-state index contributed by atoms with van der Waals surface area (Å²) in [5.74, 6) is -1.30. The fourth-order valence-corrected chi connectivity index (χ4v) is 2.78. The number of amides is 1. The Labute approximate surface area is 125 Å². The number of benzene rings is 1. The Bertz CT molecular complexity index is 530. The first-order valence-electron chi connectivity index (χ1n) is 7.42. The van der Waals surface area contributed by atoms with Crippen LogP contribution in [-0.4, -0.2) is 36.1 Å². The lowest BCUT2D eigenvalue weighted by atomic mass is 9.89. The van der Waals surface area contributed by atoms with E-state index in [1.165, 1.54) is 0 Å². The normalized spacial score (nSPS) is 18.8. The summed E-state index contributed by atoms with van der Waals surface area (Å²) in [6.07, 6.45) is 1.42. The molecular weight excluding hydrogens is 268 g/mol. The molecule has 2 rings (SSSR count). The number of nitrogens with zero attached hydrogens (tertiary/aromatic N) is 1. The number of anilines is 1. The number of carbonyl (C=O) groups is 2. The molecule has 0 fully saturated rings. The summed E-state index contributed by atoms with van der Waals surface area (Å²) in [5, 5.41) is 12.2. The molecule has 0 spiro atoms. The Balaban J connectivity index is 2.24. The highest BCUT2D eigenvalue weighted by Gasteiger charge is 2.33. The minimum Gasteiger partial charge on any atom is -0.481 e. The largest absolute Gasteiger partial charge is 0.481 e. The van der Waals surface area contributed by atoms with Gasteiger partial charge < -0.3 is 15.3 Å². The van der Waals surface area contributed by atoms with E-state index in [1.807, 2.05) is 43.0 Å². The molecule has 1 aliphatic rings. The second-order valence-corrected chi connectivity index (χ2v) is 5.40. The Kier molecular flexibility index (Phi) is 4.83. The van der Waals surface area contributed by atoms with Gasteiger partial charge in [-0.05, 0) is 31.4 Å². The molecule has 1 aromatic rings. The molecule has 2 unspecified atom stereocenters. The van der Waals surface area contributed by atoms with Gasteiger partial charge >= 0.3 is 5.97 Å². The zero-order chi connectivity index (χ0) is 15.4. The molecule has 1 amide bonds. The number of para-hydroxylation sites is 1. The Morgan fingerprint density at radius 2 is 2.14 bits per heavy atom. The lowest BCUT2D eigenvalue weighted by Crippen LogP contribution is -2.48. The maximum absolute atomic E-state index is 12.2. The minimum absolute atomic E-state index is 0.0135. The summed E-state index contributed by atoms with van der Waals surface area (Å²) in [5.41, 5.74) is 1.65. The van der Waals surface area contributed by atoms with Crippen molar-refractivity contribution in [2.45, 2.75) is 38.6 Å². The minimum atomic E-state index is -0.801. The third-order valence-electron chi connectivity index (χ3n) is 3.97. The van der Waals surface area contributed by atoms with Crippen molar-refractivity contribution in [3.63, 3.8) is 0 Å². The maximum Gasteiger partial charge on any atom is 0.311 e. The van der Waals surface area contributed by atoms with Gasteiger partial charge in [0.2, 0.25) is 5.91 Å². The first-order valence-corrected chi connectivity index (χ1v) is 7.42. The molecule has 0 bridgehead atoms. The molecule has 5 nitrogen and oxygen atoms in total. The average molecular weight is 290 g/mol. The SMILES string of the molecule is CCCNC(=O)C(C)N1CCC(C(=O)O)c2ccccc21. The highest BCUT2D eigenvalue weighted by atomic mass is 16.4. The number of hydrogen-bond acceptors (Lipinski definition) is 3. The predicted octanol–water partition coefficient (Wildman–Crippen LogP) is 1.98. The number of hydrogen-bond donors (Lipinski definition) is 2. The molecule has 2 N–H and O–H groups in total. The monoisotopic (exact) mass is 290 g/mol. The highest BCUT2D eigenvalue weighted by molar-refractivity contribution is 5.87. The zero-order valence-corrected chi connectivity index (χ0v) is 12.5. The molecule has 1 aliphatic heterocycles. The molecule has 2 atom stereocenters. The Hall–Kier alpha value is -2.04. The number of aliphatic carboxylic acids is 1. The summed E-state index contributed by atoms with van der Waals surface area (Å²) in [6.45, 7) is 5.12. The van der Waals surface area contributed by atoms with Crippen LogP contribution in [0.2, 0.25) is 0 Å². The maximum atomic E-state index is 12.2. The second-order valence-electron chi connectivity index (χ2n) is 5.40. The molecule has 5 heteroatoms. The zero-order valence-electron chi connectivity index (χ0n) is 12.5. The van der Waals surface area contributed by atoms with Gasteiger partial charge in [0.1, 0.15) is 6.04 Å². The van der Waals surface area contributed by atoms with E-state index in [-0.39, 0.29) is 11.9 Å². The van der Waals surface area contributed by atoms with Crippen LogP contribution in [0.4, 0.5) is 5.69 Å². The highest BCUT2D eigenvalue weighted by Crippen LogP contribution is 2.36. The number of carboxylic acids is 1. The Morgan fingerprint density at radius 1 is 1.43 bits per heavy atom. The molecule has 1 aromatic carbocycles. The van der Waals surface area contributed by atoms with E-state index in [9.17, 15) is 14.7 Å². The quantitative estimate of drug-likeness (QED) is 0.870. The standard InChI is InChI=1S/C16H22N2O3/c1-3-9-17-15(19)11(2)18-10-8-13(16(20)21)12-6-4-5-7-14(12)18/h4-7,11,13H,3,8-10H2,1-2H3,(H,17,19)(H,20,21). The van der Waals surface area contributed by atoms with E-state index >= 15 is 0 Å². The third kappa shape index (κ3) is 3.17. The van der Waals surface area contributed by atoms with Crippen LogP contribution in [0.3, 0.4) is 0 Å². The summed E-state index contributed by atoms with van der Waals surface area (Å²) in [6, 6.07) is 7.17. The van der Waals surface area contributed by atoms with Crippen LogP contribution in [-0.2, 0) is 9.59 Å². The second kappa shape index (κ2) is 6.61. The lowest BCUT2D eigenvalue weighted by molar-refractivity contribution is -0.139. The summed E-state index contributed by atoms with van der Waals surface area (Å²) < 4.78 is 0. The first-order chi connectivity index (χ1) is 10.1. The fourth-order valence-electron chi connectivity index (χ4n) is 2.78. The van der Waals surface area contributed by atoms with Gasteiger partial charge in [-0.15, -0.1) is 0 Å². The van der Waals surface area contributed by atoms with Crippen LogP contribution >= 0.6 is 0 Å². The van der Waals surface area contributed by atoms with E-state index < -0.39 is 11.9 Å². The number of fused-ring (bicyclic) bond motifs is 1. The molecule has 0 aromatic heterocycles. The van der Waals surface area contributed by atoms with E-state index in [4.69, 9.17) is 0 Å². The van der Waals surface area contributed by atoms with Crippen LogP contribution in [0.5, 0.6) is 0 Å². The number of nitrogens with one attached hydrogen (secondary N) is 1. The van der Waals surface area contributed by atoms with Crippen molar-refractivity contribution in [2.75, 3.05) is 18.0 Å². The smallest absolute Gasteiger partial charge is 0.311 e. The van der Waals surface area contributed by atoms with E-state index in [2.05, 4.69) is 5.32 Å². The van der Waals surface area contributed by atoms with Crippen LogP contribution in [0.25, 0.3) is 0 Å². The van der Waals surface area contributed by atoms with Gasteiger partial charge in [0.15, 0.2) is 0 Å². The Morgan fingerprint density at radius 3 is 2.81 bits per heavy atom. The van der Waals surface area contributed by atoms with Gasteiger partial charge in [-0.25, -0.2) is 0 Å². The van der Waals surface area contributed by atoms with Crippen LogP contribution < -0.4 is 10.2 Å². The van der Waals surface area contributed by atoms with Crippen molar-refractivity contribution in [1.29, 1.82) is 0 Å². The van der Waals surface area contributed by atoms with Crippen LogP contribution in [0.1, 0.15) is 38.2 Å². The van der Waals surface area contributed by atoms with Gasteiger partial charge in [0.25, 0.3) is 0 Å². The fraction of sp³-hybridized carbons (Fsp3) is 0.500. The molecule has 0 aliphatic carbocycles. The number of carbonyl (C=O) groups excluding carboxylic acids is 1. The van der Waals surface area contributed by atoms with E-state index in [0.717, 1.165) is 17.7 Å². The van der Waals surface area contributed by atoms with Crippen LogP contribution in [0.15, 0.2) is 24.3 Å². The van der Waals surface area contributed by atoms with Gasteiger partial charge in [-0.2, -0.15) is 0 Å². The summed E-state index contributed by atoms with van der Waals surface area (Å²) in [7, 11) is 0. The molecule has 1 heterocycles. The first kappa shape index (κ1) is 15.4. The molecular formula is C16H22N2O3. The topological polar surface area (TPSA) is 69.6 Å².